The Kier molecular flexibility index (Phi) is 3.73. The van der Waals surface area contributed by atoms with Gasteiger partial charge in [-0.05, 0) is 25.1 Å². The van der Waals surface area contributed by atoms with Crippen molar-refractivity contribution in [2.24, 2.45) is 5.73 Å². The maximum atomic E-state index is 11.6. The van der Waals surface area contributed by atoms with Crippen LogP contribution in [0.1, 0.15) is 12.5 Å². The minimum absolute atomic E-state index is 0.0824. The van der Waals surface area contributed by atoms with E-state index in [9.17, 15) is 9.59 Å². The maximum Gasteiger partial charge on any atom is 0.249 e. The number of hydrogen-bond donors (Lipinski definition) is 2. The van der Waals surface area contributed by atoms with E-state index in [1.54, 1.807) is 30.0 Å². The number of piperazine rings is 1. The first-order chi connectivity index (χ1) is 8.90. The van der Waals surface area contributed by atoms with Crippen molar-refractivity contribution in [1.82, 2.24) is 5.32 Å². The summed E-state index contributed by atoms with van der Waals surface area (Å²) in [7, 11) is 0. The fourth-order valence-corrected chi connectivity index (χ4v) is 2.32. The highest BCUT2D eigenvalue weighted by atomic mass is 35.5. The second kappa shape index (κ2) is 5.14. The highest BCUT2D eigenvalue weighted by Crippen LogP contribution is 2.29. The third-order valence-electron chi connectivity index (χ3n) is 2.97. The lowest BCUT2D eigenvalue weighted by Crippen LogP contribution is -2.57. The molecule has 2 amide bonds. The zero-order chi connectivity index (χ0) is 14.2. The number of carbonyl (C=O) groups is 2. The Bertz CT molecular complexity index is 576. The van der Waals surface area contributed by atoms with E-state index in [1.807, 2.05) is 0 Å². The number of amides is 2. The van der Waals surface area contributed by atoms with E-state index in [-0.39, 0.29) is 23.3 Å². The number of carbonyl (C=O) groups excluding carboxylic acids is 2. The molecule has 1 fully saturated rings. The average molecular weight is 298 g/mol. The summed E-state index contributed by atoms with van der Waals surface area (Å²) in [4.78, 5) is 24.9. The van der Waals surface area contributed by atoms with Crippen LogP contribution >= 0.6 is 23.8 Å². The van der Waals surface area contributed by atoms with Crippen molar-refractivity contribution >= 4 is 46.3 Å². The molecule has 1 atom stereocenters. The Hall–Kier alpha value is -1.66. The van der Waals surface area contributed by atoms with E-state index in [0.29, 0.717) is 16.3 Å². The van der Waals surface area contributed by atoms with Crippen LogP contribution in [0.25, 0.3) is 0 Å². The number of nitrogens with zero attached hydrogens (tertiary/aromatic N) is 1. The Morgan fingerprint density at radius 2 is 2.21 bits per heavy atom. The monoisotopic (exact) mass is 297 g/mol. The molecule has 1 saturated heterocycles. The first kappa shape index (κ1) is 13.8. The molecule has 5 nitrogen and oxygen atoms in total. The first-order valence-corrected chi connectivity index (χ1v) is 6.38. The second-order valence-electron chi connectivity index (χ2n) is 4.25. The van der Waals surface area contributed by atoms with Crippen LogP contribution in [0.15, 0.2) is 18.2 Å². The molecule has 7 heteroatoms. The molecule has 100 valence electrons. The van der Waals surface area contributed by atoms with E-state index in [4.69, 9.17) is 29.6 Å². The molecule has 0 bridgehead atoms. The molecule has 2 rings (SSSR count). The Labute approximate surface area is 120 Å². The Morgan fingerprint density at radius 1 is 1.53 bits per heavy atom. The van der Waals surface area contributed by atoms with Crippen LogP contribution in [-0.2, 0) is 9.59 Å². The van der Waals surface area contributed by atoms with Crippen LogP contribution in [0.4, 0.5) is 5.69 Å². The molecule has 1 aromatic rings. The van der Waals surface area contributed by atoms with Crippen LogP contribution in [0.5, 0.6) is 0 Å². The summed E-state index contributed by atoms with van der Waals surface area (Å²) in [5.41, 5.74) is 6.77. The van der Waals surface area contributed by atoms with Crippen molar-refractivity contribution < 1.29 is 9.59 Å². The summed E-state index contributed by atoms with van der Waals surface area (Å²) in [6, 6.07) is 4.58. The molecule has 0 radical (unpaired) electrons. The zero-order valence-electron chi connectivity index (χ0n) is 10.1. The Morgan fingerprint density at radius 3 is 2.79 bits per heavy atom. The molecule has 1 heterocycles. The standard InChI is InChI=1S/C12H12ClN3O2S/c1-6-12(18)15-10(17)5-16(6)9-3-2-7(11(14)19)4-8(9)13/h2-4,6H,5H2,1H3,(H2,14,19)(H,15,17,18). The predicted molar refractivity (Wildman–Crippen MR) is 77.3 cm³/mol. The van der Waals surface area contributed by atoms with Gasteiger partial charge in [0.1, 0.15) is 11.0 Å². The van der Waals surface area contributed by atoms with Crippen molar-refractivity contribution in [3.8, 4) is 0 Å². The van der Waals surface area contributed by atoms with Crippen molar-refractivity contribution in [3.63, 3.8) is 0 Å². The number of imide groups is 1. The topological polar surface area (TPSA) is 75.4 Å². The first-order valence-electron chi connectivity index (χ1n) is 5.60. The van der Waals surface area contributed by atoms with E-state index in [2.05, 4.69) is 5.32 Å². The van der Waals surface area contributed by atoms with Crippen molar-refractivity contribution in [2.75, 3.05) is 11.4 Å². The van der Waals surface area contributed by atoms with Crippen molar-refractivity contribution in [1.29, 1.82) is 0 Å². The van der Waals surface area contributed by atoms with Crippen LogP contribution in [0.3, 0.4) is 0 Å². The van der Waals surface area contributed by atoms with Gasteiger partial charge in [0.15, 0.2) is 0 Å². The summed E-state index contributed by atoms with van der Waals surface area (Å²) in [5, 5.41) is 2.68. The van der Waals surface area contributed by atoms with Crippen LogP contribution in [0, 0.1) is 0 Å². The molecule has 0 spiro atoms. The third kappa shape index (κ3) is 2.69. The molecule has 1 unspecified atom stereocenters. The lowest BCUT2D eigenvalue weighted by atomic mass is 10.1. The molecular formula is C12H12ClN3O2S. The van der Waals surface area contributed by atoms with E-state index < -0.39 is 6.04 Å². The molecule has 1 aromatic carbocycles. The highest BCUT2D eigenvalue weighted by Gasteiger charge is 2.31. The van der Waals surface area contributed by atoms with E-state index in [0.717, 1.165) is 0 Å². The number of nitrogens with two attached hydrogens (primary N) is 1. The summed E-state index contributed by atoms with van der Waals surface area (Å²) in [5.74, 6) is -0.691. The fourth-order valence-electron chi connectivity index (χ4n) is 1.90. The van der Waals surface area contributed by atoms with Crippen LogP contribution in [0.2, 0.25) is 5.02 Å². The molecule has 0 aromatic heterocycles. The van der Waals surface area contributed by atoms with Gasteiger partial charge in [-0.3, -0.25) is 14.9 Å². The number of thiocarbonyl (C=S) groups is 1. The second-order valence-corrected chi connectivity index (χ2v) is 5.09. The summed E-state index contributed by atoms with van der Waals surface area (Å²) < 4.78 is 0. The van der Waals surface area contributed by atoms with Gasteiger partial charge in [0.2, 0.25) is 11.8 Å². The quantitative estimate of drug-likeness (QED) is 0.624. The smallest absolute Gasteiger partial charge is 0.249 e. The van der Waals surface area contributed by atoms with Gasteiger partial charge in [-0.2, -0.15) is 0 Å². The SMILES string of the molecule is CC1C(=O)NC(=O)CN1c1ccc(C(N)=S)cc1Cl. The van der Waals surface area contributed by atoms with Gasteiger partial charge in [0.25, 0.3) is 0 Å². The molecule has 1 aliphatic rings. The van der Waals surface area contributed by atoms with Crippen LogP contribution < -0.4 is 16.0 Å². The van der Waals surface area contributed by atoms with Gasteiger partial charge in [0.05, 0.1) is 17.3 Å². The molecule has 19 heavy (non-hydrogen) atoms. The number of anilines is 1. The largest absolute Gasteiger partial charge is 0.389 e. The molecule has 3 N–H and O–H groups in total. The number of rotatable bonds is 2. The lowest BCUT2D eigenvalue weighted by Gasteiger charge is -2.34. The predicted octanol–water partition coefficient (Wildman–Crippen LogP) is 0.826. The number of halogens is 1. The molecule has 1 aliphatic heterocycles. The van der Waals surface area contributed by atoms with E-state index in [1.165, 1.54) is 0 Å². The van der Waals surface area contributed by atoms with Crippen LogP contribution in [-0.4, -0.2) is 29.4 Å². The molecule has 0 saturated carbocycles. The van der Waals surface area contributed by atoms with E-state index >= 15 is 0 Å². The third-order valence-corrected chi connectivity index (χ3v) is 3.50. The van der Waals surface area contributed by atoms with Crippen molar-refractivity contribution in [2.45, 2.75) is 13.0 Å². The zero-order valence-corrected chi connectivity index (χ0v) is 11.7. The maximum absolute atomic E-state index is 11.6. The van der Waals surface area contributed by atoms with Gasteiger partial charge < -0.3 is 10.6 Å². The Balaban J connectivity index is 2.38. The fraction of sp³-hybridized carbons (Fsp3) is 0.250. The number of benzene rings is 1. The lowest BCUT2D eigenvalue weighted by molar-refractivity contribution is -0.132. The number of hydrogen-bond acceptors (Lipinski definition) is 4. The van der Waals surface area contributed by atoms with Gasteiger partial charge in [-0.25, -0.2) is 0 Å². The minimum Gasteiger partial charge on any atom is -0.389 e. The number of nitrogens with one attached hydrogen (secondary N) is 1. The summed E-state index contributed by atoms with van der Waals surface area (Å²) >= 11 is 11.0. The van der Waals surface area contributed by atoms with Gasteiger partial charge in [-0.1, -0.05) is 23.8 Å². The highest BCUT2D eigenvalue weighted by molar-refractivity contribution is 7.80. The normalized spacial score (nSPS) is 19.3. The molecule has 0 aliphatic carbocycles. The summed E-state index contributed by atoms with van der Waals surface area (Å²) in [6.07, 6.45) is 0. The minimum atomic E-state index is -0.467. The average Bonchev–Trinajstić information content (AvgIpc) is 2.33. The van der Waals surface area contributed by atoms with Gasteiger partial charge in [-0.15, -0.1) is 0 Å². The van der Waals surface area contributed by atoms with Gasteiger partial charge in [0, 0.05) is 5.56 Å². The van der Waals surface area contributed by atoms with Gasteiger partial charge >= 0.3 is 0 Å². The molecular weight excluding hydrogens is 286 g/mol. The van der Waals surface area contributed by atoms with Crippen molar-refractivity contribution in [3.05, 3.63) is 28.8 Å². The summed E-state index contributed by atoms with van der Waals surface area (Å²) in [6.45, 7) is 1.79.